The highest BCUT2D eigenvalue weighted by Crippen LogP contribution is 2.15. The van der Waals surface area contributed by atoms with E-state index in [2.05, 4.69) is 142 Å². The van der Waals surface area contributed by atoms with Gasteiger partial charge < -0.3 is 14.2 Å². The Morgan fingerprint density at radius 2 is 0.506 bits per heavy atom. The monoisotopic (exact) mass is 1090 g/mol. The van der Waals surface area contributed by atoms with E-state index >= 15 is 0 Å². The van der Waals surface area contributed by atoms with Crippen LogP contribution in [-0.2, 0) is 28.6 Å². The van der Waals surface area contributed by atoms with E-state index in [-0.39, 0.29) is 31.1 Å². The summed E-state index contributed by atoms with van der Waals surface area (Å²) < 4.78 is 16.9. The molecule has 79 heavy (non-hydrogen) atoms. The number of rotatable bonds is 59. The Balaban J connectivity index is 4.31. The third-order valence-corrected chi connectivity index (χ3v) is 13.9. The van der Waals surface area contributed by atoms with Crippen LogP contribution in [0.5, 0.6) is 0 Å². The summed E-state index contributed by atoms with van der Waals surface area (Å²) in [6.07, 6.45) is 92.1. The molecule has 0 N–H and O–H groups in total. The minimum absolute atomic E-state index is 0.0889. The topological polar surface area (TPSA) is 78.9 Å². The zero-order valence-corrected chi connectivity index (χ0v) is 51.6. The van der Waals surface area contributed by atoms with Gasteiger partial charge in [0.1, 0.15) is 13.2 Å². The maximum Gasteiger partial charge on any atom is 0.306 e. The first-order chi connectivity index (χ1) is 39.0. The van der Waals surface area contributed by atoms with Gasteiger partial charge >= 0.3 is 17.9 Å². The van der Waals surface area contributed by atoms with E-state index in [1.54, 1.807) is 0 Å². The van der Waals surface area contributed by atoms with Crippen molar-refractivity contribution < 1.29 is 28.6 Å². The summed E-state index contributed by atoms with van der Waals surface area (Å²) in [5.41, 5.74) is 0. The number of esters is 3. The van der Waals surface area contributed by atoms with Crippen molar-refractivity contribution in [1.29, 1.82) is 0 Å². The largest absolute Gasteiger partial charge is 0.462 e. The van der Waals surface area contributed by atoms with Crippen LogP contribution in [0.15, 0.2) is 122 Å². The summed E-state index contributed by atoms with van der Waals surface area (Å²) in [7, 11) is 0. The minimum Gasteiger partial charge on any atom is -0.462 e. The molecule has 0 aliphatic rings. The normalized spacial score (nSPS) is 12.9. The molecule has 6 heteroatoms. The van der Waals surface area contributed by atoms with Gasteiger partial charge in [-0.2, -0.15) is 0 Å². The number of allylic oxidation sites excluding steroid dienone is 20. The maximum atomic E-state index is 12.9. The first-order valence-corrected chi connectivity index (χ1v) is 33.0. The van der Waals surface area contributed by atoms with Gasteiger partial charge in [-0.05, 0) is 128 Å². The number of carbonyl (C=O) groups excluding carboxylic acids is 3. The zero-order chi connectivity index (χ0) is 57.1. The smallest absolute Gasteiger partial charge is 0.306 e. The van der Waals surface area contributed by atoms with E-state index in [4.69, 9.17) is 14.2 Å². The van der Waals surface area contributed by atoms with E-state index < -0.39 is 6.10 Å². The van der Waals surface area contributed by atoms with E-state index in [9.17, 15) is 14.4 Å². The molecule has 0 saturated carbocycles. The Bertz CT molecular complexity index is 1640. The van der Waals surface area contributed by atoms with Crippen LogP contribution in [0.3, 0.4) is 0 Å². The SMILES string of the molecule is CC/C=C\C/C=C\C/C=C\C/C=C\C/C=C\C/C=C\C/C=C\CCCCCCCCCC(=O)OCC(COC(=O)CCCCCCC/C=C\CCCC)OC(=O)CCCCCCCCCCC/C=C\C/C=C\CCCCCCC. The summed E-state index contributed by atoms with van der Waals surface area (Å²) in [5, 5.41) is 0. The summed E-state index contributed by atoms with van der Waals surface area (Å²) in [5.74, 6) is -0.908. The van der Waals surface area contributed by atoms with Crippen LogP contribution in [0.25, 0.3) is 0 Å². The van der Waals surface area contributed by atoms with Crippen molar-refractivity contribution in [2.45, 2.75) is 309 Å². The maximum absolute atomic E-state index is 12.9. The van der Waals surface area contributed by atoms with Gasteiger partial charge in [0.25, 0.3) is 0 Å². The third kappa shape index (κ3) is 64.5. The molecular formula is C73H122O6. The number of carbonyl (C=O) groups is 3. The van der Waals surface area contributed by atoms with Crippen molar-refractivity contribution in [3.8, 4) is 0 Å². The molecule has 0 heterocycles. The van der Waals surface area contributed by atoms with Gasteiger partial charge in [-0.15, -0.1) is 0 Å². The lowest BCUT2D eigenvalue weighted by atomic mass is 10.1. The van der Waals surface area contributed by atoms with Crippen LogP contribution in [0.2, 0.25) is 0 Å². The molecule has 450 valence electrons. The summed E-state index contributed by atoms with van der Waals surface area (Å²) in [4.78, 5) is 38.3. The quantitative estimate of drug-likeness (QED) is 0.0261. The van der Waals surface area contributed by atoms with Crippen molar-refractivity contribution in [2.75, 3.05) is 13.2 Å². The van der Waals surface area contributed by atoms with E-state index in [0.717, 1.165) is 122 Å². The highest BCUT2D eigenvalue weighted by molar-refractivity contribution is 5.71. The molecule has 1 unspecified atom stereocenters. The fraction of sp³-hybridized carbons (Fsp3) is 0.685. The predicted octanol–water partition coefficient (Wildman–Crippen LogP) is 22.8. The first-order valence-electron chi connectivity index (χ1n) is 33.0. The van der Waals surface area contributed by atoms with Crippen molar-refractivity contribution in [1.82, 2.24) is 0 Å². The number of hydrogen-bond donors (Lipinski definition) is 0. The van der Waals surface area contributed by atoms with Crippen molar-refractivity contribution >= 4 is 17.9 Å². The zero-order valence-electron chi connectivity index (χ0n) is 51.6. The van der Waals surface area contributed by atoms with Crippen LogP contribution in [0.4, 0.5) is 0 Å². The van der Waals surface area contributed by atoms with Crippen LogP contribution in [0, 0.1) is 0 Å². The lowest BCUT2D eigenvalue weighted by Gasteiger charge is -2.18. The predicted molar refractivity (Wildman–Crippen MR) is 343 cm³/mol. The molecule has 0 saturated heterocycles. The van der Waals surface area contributed by atoms with Gasteiger partial charge in [-0.25, -0.2) is 0 Å². The number of unbranched alkanes of at least 4 members (excludes halogenated alkanes) is 28. The first kappa shape index (κ1) is 74.8. The van der Waals surface area contributed by atoms with Crippen molar-refractivity contribution in [2.24, 2.45) is 0 Å². The fourth-order valence-corrected chi connectivity index (χ4v) is 8.96. The third-order valence-electron chi connectivity index (χ3n) is 13.9. The molecule has 0 rings (SSSR count). The van der Waals surface area contributed by atoms with Crippen LogP contribution in [-0.4, -0.2) is 37.2 Å². The van der Waals surface area contributed by atoms with Crippen LogP contribution in [0.1, 0.15) is 303 Å². The standard InChI is InChI=1S/C73H122O6/c1-4-7-10-13-16-19-22-24-26-28-30-32-33-34-35-36-37-38-39-41-42-44-46-48-51-54-57-60-63-66-72(75)78-69-70(68-77-71(74)65-62-59-56-53-50-21-18-15-12-9-6-3)79-73(76)67-64-61-58-55-52-49-47-45-43-40-31-29-27-25-23-20-17-14-11-8-5-2/h7,10,15-16,18-19,23-26,29-32,34-35,37-38,41-42,70H,4-6,8-9,11-14,17,20-22,27-28,33,36,39-40,43-69H2,1-3H3/b10-7-,18-15-,19-16-,25-23-,26-24-,31-29-,32-30-,35-34-,38-37-,42-41-. The van der Waals surface area contributed by atoms with Gasteiger partial charge in [0.2, 0.25) is 0 Å². The molecule has 0 amide bonds. The van der Waals surface area contributed by atoms with Gasteiger partial charge in [0, 0.05) is 19.3 Å². The Hall–Kier alpha value is -4.19. The highest BCUT2D eigenvalue weighted by Gasteiger charge is 2.19. The van der Waals surface area contributed by atoms with Crippen molar-refractivity contribution in [3.63, 3.8) is 0 Å². The lowest BCUT2D eigenvalue weighted by Crippen LogP contribution is -2.30. The molecule has 0 aromatic carbocycles. The van der Waals surface area contributed by atoms with E-state index in [1.807, 2.05) is 0 Å². The highest BCUT2D eigenvalue weighted by atomic mass is 16.6. The Morgan fingerprint density at radius 1 is 0.266 bits per heavy atom. The van der Waals surface area contributed by atoms with Crippen LogP contribution >= 0.6 is 0 Å². The molecular weight excluding hydrogens is 973 g/mol. The molecule has 6 nitrogen and oxygen atoms in total. The molecule has 0 bridgehead atoms. The molecule has 0 radical (unpaired) electrons. The second-order valence-corrected chi connectivity index (χ2v) is 21.6. The van der Waals surface area contributed by atoms with Crippen LogP contribution < -0.4 is 0 Å². The molecule has 0 spiro atoms. The number of hydrogen-bond acceptors (Lipinski definition) is 6. The van der Waals surface area contributed by atoms with E-state index in [1.165, 1.54) is 141 Å². The van der Waals surface area contributed by atoms with Gasteiger partial charge in [0.05, 0.1) is 0 Å². The number of ether oxygens (including phenoxy) is 3. The fourth-order valence-electron chi connectivity index (χ4n) is 8.96. The molecule has 0 aliphatic carbocycles. The van der Waals surface area contributed by atoms with E-state index in [0.29, 0.717) is 19.3 Å². The lowest BCUT2D eigenvalue weighted by molar-refractivity contribution is -0.167. The Kier molecular flexibility index (Phi) is 62.8. The molecule has 0 aromatic heterocycles. The van der Waals surface area contributed by atoms with Crippen molar-refractivity contribution in [3.05, 3.63) is 122 Å². The second kappa shape index (κ2) is 66.3. The molecule has 0 aromatic rings. The minimum atomic E-state index is -0.792. The summed E-state index contributed by atoms with van der Waals surface area (Å²) in [6.45, 7) is 6.47. The molecule has 0 fully saturated rings. The Morgan fingerprint density at radius 3 is 0.823 bits per heavy atom. The van der Waals surface area contributed by atoms with Gasteiger partial charge in [-0.3, -0.25) is 14.4 Å². The van der Waals surface area contributed by atoms with Gasteiger partial charge in [0.15, 0.2) is 6.10 Å². The Labute approximate surface area is 488 Å². The summed E-state index contributed by atoms with van der Waals surface area (Å²) >= 11 is 0. The average Bonchev–Trinajstić information content (AvgIpc) is 3.45. The second-order valence-electron chi connectivity index (χ2n) is 21.6. The molecule has 1 atom stereocenters. The average molecular weight is 1100 g/mol. The summed E-state index contributed by atoms with van der Waals surface area (Å²) in [6, 6.07) is 0. The van der Waals surface area contributed by atoms with Gasteiger partial charge in [-0.1, -0.05) is 277 Å². The molecule has 0 aliphatic heterocycles.